The van der Waals surface area contributed by atoms with Gasteiger partial charge in [-0.1, -0.05) is 6.92 Å². The Balaban J connectivity index is 2.29. The molecular weight excluding hydrogens is 250 g/mol. The van der Waals surface area contributed by atoms with Gasteiger partial charge in [-0.3, -0.25) is 4.98 Å². The lowest BCUT2D eigenvalue weighted by atomic mass is 10.2. The molecule has 0 fully saturated rings. The monoisotopic (exact) mass is 266 g/mol. The molecule has 0 bridgehead atoms. The molecule has 2 aromatic heterocycles. The molecule has 1 unspecified atom stereocenters. The van der Waals surface area contributed by atoms with Crippen molar-refractivity contribution in [3.8, 4) is 17.1 Å². The summed E-state index contributed by atoms with van der Waals surface area (Å²) in [6.07, 6.45) is 4.42. The van der Waals surface area contributed by atoms with Crippen molar-refractivity contribution in [2.24, 2.45) is 0 Å². The van der Waals surface area contributed by atoms with E-state index in [4.69, 9.17) is 8.92 Å². The lowest BCUT2D eigenvalue weighted by Crippen LogP contribution is -1.95. The zero-order chi connectivity index (χ0) is 12.8. The van der Waals surface area contributed by atoms with Gasteiger partial charge in [-0.15, -0.1) is 4.18 Å². The Morgan fingerprint density at radius 2 is 2.17 bits per heavy atom. The first kappa shape index (κ1) is 12.9. The number of nitrogens with zero attached hydrogens (tertiary/aromatic N) is 3. The van der Waals surface area contributed by atoms with E-state index in [9.17, 15) is 0 Å². The van der Waals surface area contributed by atoms with E-state index in [-0.39, 0.29) is 0 Å². The number of hydrogen-bond donors (Lipinski definition) is 0. The Kier molecular flexibility index (Phi) is 4.60. The summed E-state index contributed by atoms with van der Waals surface area (Å²) in [5.41, 5.74) is 1.63. The van der Waals surface area contributed by atoms with Crippen LogP contribution in [0.3, 0.4) is 0 Å². The Hall–Kier alpha value is -1.53. The lowest BCUT2D eigenvalue weighted by molar-refractivity contribution is 0.330. The average molecular weight is 266 g/mol. The zero-order valence-electron chi connectivity index (χ0n) is 10.5. The van der Waals surface area contributed by atoms with Crippen molar-refractivity contribution < 1.29 is 8.92 Å². The van der Waals surface area contributed by atoms with E-state index in [1.54, 1.807) is 12.4 Å². The predicted molar refractivity (Wildman–Crippen MR) is 70.6 cm³/mol. The lowest BCUT2D eigenvalue weighted by Gasteiger charge is -1.97. The van der Waals surface area contributed by atoms with Gasteiger partial charge in [0.15, 0.2) is 0 Å². The molecule has 0 amide bonds. The van der Waals surface area contributed by atoms with Crippen LogP contribution in [0.25, 0.3) is 11.3 Å². The molecule has 6 heteroatoms. The molecule has 0 aliphatic rings. The van der Waals surface area contributed by atoms with Gasteiger partial charge < -0.3 is 4.74 Å². The highest BCUT2D eigenvalue weighted by Crippen LogP contribution is 2.30. The maximum Gasteiger partial charge on any atom is 0.393 e. The summed E-state index contributed by atoms with van der Waals surface area (Å²) in [4.78, 5) is 4.08. The zero-order valence-corrected chi connectivity index (χ0v) is 11.3. The molecule has 0 N–H and O–H groups in total. The van der Waals surface area contributed by atoms with Gasteiger partial charge in [-0.05, 0) is 25.5 Å². The molecule has 0 saturated carbocycles. The Bertz CT molecular complexity index is 487. The van der Waals surface area contributed by atoms with Crippen molar-refractivity contribution in [1.82, 2.24) is 13.7 Å². The van der Waals surface area contributed by atoms with Crippen molar-refractivity contribution in [2.45, 2.75) is 20.3 Å². The van der Waals surface area contributed by atoms with E-state index in [0.717, 1.165) is 17.7 Å². The first-order valence-electron chi connectivity index (χ1n) is 5.94. The number of pyridine rings is 1. The molecule has 0 radical (unpaired) electrons. The third-order valence-electron chi connectivity index (χ3n) is 2.14. The van der Waals surface area contributed by atoms with Crippen molar-refractivity contribution >= 4 is 11.1 Å². The second-order valence-corrected chi connectivity index (χ2v) is 4.63. The third-order valence-corrected chi connectivity index (χ3v) is 3.18. The maximum absolute atomic E-state index is 5.53. The molecule has 0 saturated heterocycles. The minimum atomic E-state index is -0.766. The van der Waals surface area contributed by atoms with Gasteiger partial charge in [0.05, 0.1) is 11.0 Å². The van der Waals surface area contributed by atoms with Gasteiger partial charge in [-0.25, -0.2) is 0 Å². The highest BCUT2D eigenvalue weighted by atomic mass is 32.2. The van der Waals surface area contributed by atoms with Gasteiger partial charge in [0.25, 0.3) is 0 Å². The Morgan fingerprint density at radius 1 is 1.28 bits per heavy atom. The van der Waals surface area contributed by atoms with Crippen LogP contribution < -0.4 is 8.92 Å². The third kappa shape index (κ3) is 3.02. The van der Waals surface area contributed by atoms with E-state index in [1.165, 1.54) is 0 Å². The molecule has 0 aliphatic heterocycles. The summed E-state index contributed by atoms with van der Waals surface area (Å²) in [5, 5.41) is 0. The number of hydrogen-bond acceptors (Lipinski definition) is 5. The maximum atomic E-state index is 5.53. The molecule has 1 atom stereocenters. The van der Waals surface area contributed by atoms with Crippen LogP contribution in [-0.2, 0) is 0 Å². The fraction of sp³-hybridized carbons (Fsp3) is 0.417. The largest absolute Gasteiger partial charge is 0.473 e. The Labute approximate surface area is 109 Å². The second kappa shape index (κ2) is 6.42. The van der Waals surface area contributed by atoms with Gasteiger partial charge in [0.1, 0.15) is 6.61 Å². The van der Waals surface area contributed by atoms with Crippen molar-refractivity contribution in [3.63, 3.8) is 0 Å². The molecule has 0 spiro atoms. The molecule has 96 valence electrons. The first-order valence-corrected chi connectivity index (χ1v) is 7.00. The van der Waals surface area contributed by atoms with Crippen LogP contribution in [0.2, 0.25) is 0 Å². The molecule has 18 heavy (non-hydrogen) atoms. The van der Waals surface area contributed by atoms with E-state index in [0.29, 0.717) is 19.1 Å². The predicted octanol–water partition coefficient (Wildman–Crippen LogP) is 2.53. The first-order chi connectivity index (χ1) is 8.85. The van der Waals surface area contributed by atoms with Crippen LogP contribution in [0.15, 0.2) is 24.5 Å². The molecule has 2 heterocycles. The molecule has 0 aromatic carbocycles. The Morgan fingerprint density at radius 3 is 2.83 bits per heavy atom. The smallest absolute Gasteiger partial charge is 0.393 e. The van der Waals surface area contributed by atoms with Crippen molar-refractivity contribution in [2.75, 3.05) is 13.2 Å². The van der Waals surface area contributed by atoms with Crippen molar-refractivity contribution in [1.29, 1.82) is 0 Å². The van der Waals surface area contributed by atoms with E-state index in [1.807, 2.05) is 19.1 Å². The van der Waals surface area contributed by atoms with Crippen LogP contribution in [0, 0.1) is 0 Å². The topological polar surface area (TPSA) is 57.1 Å². The molecular formula is C12H16N3O2S+. The van der Waals surface area contributed by atoms with Gasteiger partial charge in [0.2, 0.25) is 5.69 Å². The minimum absolute atomic E-state index is 0.546. The van der Waals surface area contributed by atoms with Gasteiger partial charge in [-0.2, -0.15) is 0 Å². The SMILES string of the molecule is CCCO[s+]1nc(OCC)c(-c2cccnc2)n1. The molecule has 2 rings (SSSR count). The second-order valence-electron chi connectivity index (χ2n) is 3.56. The van der Waals surface area contributed by atoms with E-state index >= 15 is 0 Å². The summed E-state index contributed by atoms with van der Waals surface area (Å²) in [5.74, 6) is 0.546. The van der Waals surface area contributed by atoms with Crippen LogP contribution in [-0.4, -0.2) is 26.9 Å². The van der Waals surface area contributed by atoms with Gasteiger partial charge >= 0.3 is 17.0 Å². The standard InChI is InChI=1S/C12H16N3O2S/c1-3-8-17-18-14-11(12(15-18)16-4-2)10-6-5-7-13-9-10/h5-7,9H,3-4,8H2,1-2H3/q+1. The minimum Gasteiger partial charge on any atom is -0.473 e. The molecule has 5 nitrogen and oxygen atoms in total. The van der Waals surface area contributed by atoms with Crippen LogP contribution >= 0.6 is 11.1 Å². The highest BCUT2D eigenvalue weighted by Gasteiger charge is 2.24. The summed E-state index contributed by atoms with van der Waals surface area (Å²) >= 11 is -0.766. The number of ether oxygens (including phenoxy) is 1. The van der Waals surface area contributed by atoms with E-state index in [2.05, 4.69) is 20.7 Å². The van der Waals surface area contributed by atoms with Gasteiger partial charge in [0, 0.05) is 22.3 Å². The number of aromatic nitrogens is 3. The van der Waals surface area contributed by atoms with Crippen LogP contribution in [0.5, 0.6) is 5.88 Å². The van der Waals surface area contributed by atoms with Crippen LogP contribution in [0.4, 0.5) is 0 Å². The molecule has 0 aliphatic carbocycles. The fourth-order valence-corrected chi connectivity index (χ4v) is 2.46. The summed E-state index contributed by atoms with van der Waals surface area (Å²) in [6, 6.07) is 3.80. The van der Waals surface area contributed by atoms with Crippen LogP contribution in [0.1, 0.15) is 20.3 Å². The summed E-state index contributed by atoms with van der Waals surface area (Å²) < 4.78 is 19.8. The van der Waals surface area contributed by atoms with Crippen molar-refractivity contribution in [3.05, 3.63) is 24.5 Å². The normalized spacial score (nSPS) is 11.6. The summed E-state index contributed by atoms with van der Waals surface area (Å²) in [7, 11) is 0. The van der Waals surface area contributed by atoms with E-state index < -0.39 is 11.1 Å². The average Bonchev–Trinajstić information content (AvgIpc) is 2.81. The molecule has 2 aromatic rings. The number of rotatable bonds is 6. The highest BCUT2D eigenvalue weighted by molar-refractivity contribution is 7.15. The summed E-state index contributed by atoms with van der Waals surface area (Å²) in [6.45, 7) is 5.18. The fourth-order valence-electron chi connectivity index (χ4n) is 1.37. The quantitative estimate of drug-likeness (QED) is 0.752.